The molecule has 0 atom stereocenters. The Morgan fingerprint density at radius 2 is 1.91 bits per heavy atom. The minimum absolute atomic E-state index is 0.00462. The number of carbonyl (C=O) groups excluding carboxylic acids is 1. The van der Waals surface area contributed by atoms with Gasteiger partial charge in [-0.05, 0) is 55.8 Å². The van der Waals surface area contributed by atoms with Gasteiger partial charge in [0, 0.05) is 31.3 Å². The maximum Gasteiger partial charge on any atom is 0.270 e. The van der Waals surface area contributed by atoms with Crippen LogP contribution in [-0.2, 0) is 4.79 Å². The van der Waals surface area contributed by atoms with E-state index in [-0.39, 0.29) is 11.6 Å². The van der Waals surface area contributed by atoms with Gasteiger partial charge in [-0.25, -0.2) is 4.98 Å². The summed E-state index contributed by atoms with van der Waals surface area (Å²) in [5, 5.41) is 11.7. The summed E-state index contributed by atoms with van der Waals surface area (Å²) in [5.41, 5.74) is 3.81. The van der Waals surface area contributed by atoms with E-state index in [0.29, 0.717) is 17.2 Å². The number of anilines is 1. The van der Waals surface area contributed by atoms with E-state index in [1.807, 2.05) is 13.0 Å². The van der Waals surface area contributed by atoms with Gasteiger partial charge in [0.25, 0.3) is 11.6 Å². The fourth-order valence-corrected chi connectivity index (χ4v) is 4.47. The first kappa shape index (κ1) is 23.6. The lowest BCUT2D eigenvalue weighted by Crippen LogP contribution is -2.38. The minimum Gasteiger partial charge on any atom is -0.302 e. The van der Waals surface area contributed by atoms with Crippen molar-refractivity contribution in [3.05, 3.63) is 69.3 Å². The number of hydrogen-bond acceptors (Lipinski definition) is 6. The van der Waals surface area contributed by atoms with Crippen molar-refractivity contribution in [2.24, 2.45) is 0 Å². The third-order valence-electron chi connectivity index (χ3n) is 5.60. The molecule has 8 heteroatoms. The number of fused-ring (bicyclic) bond motifs is 1. The fourth-order valence-electron chi connectivity index (χ4n) is 3.41. The van der Waals surface area contributed by atoms with E-state index in [4.69, 9.17) is 4.98 Å². The lowest BCUT2D eigenvalue weighted by atomic mass is 10.1. The summed E-state index contributed by atoms with van der Waals surface area (Å²) < 4.78 is 1.05. The molecule has 0 unspecified atom stereocenters. The van der Waals surface area contributed by atoms with Crippen LogP contribution in [0.4, 0.5) is 10.8 Å². The number of non-ortho nitro benzene ring substituents is 1. The molecule has 0 fully saturated rings. The smallest absolute Gasteiger partial charge is 0.270 e. The molecule has 3 aromatic rings. The van der Waals surface area contributed by atoms with Crippen molar-refractivity contribution < 1.29 is 9.72 Å². The Labute approximate surface area is 192 Å². The monoisotopic (exact) mass is 452 g/mol. The first-order valence-electron chi connectivity index (χ1n) is 10.7. The number of amides is 1. The number of benzene rings is 2. The Kier molecular flexibility index (Phi) is 7.71. The van der Waals surface area contributed by atoms with Crippen LogP contribution in [-0.4, -0.2) is 46.9 Å². The van der Waals surface area contributed by atoms with Crippen molar-refractivity contribution in [3.8, 4) is 0 Å². The summed E-state index contributed by atoms with van der Waals surface area (Å²) in [7, 11) is 0. The molecule has 32 heavy (non-hydrogen) atoms. The zero-order valence-corrected chi connectivity index (χ0v) is 19.7. The maximum absolute atomic E-state index is 13.2. The summed E-state index contributed by atoms with van der Waals surface area (Å²) in [6, 6.07) is 10.4. The molecule has 1 aromatic heterocycles. The van der Waals surface area contributed by atoms with Gasteiger partial charge in [-0.2, -0.15) is 0 Å². The Balaban J connectivity index is 1.91. The molecule has 0 spiro atoms. The lowest BCUT2D eigenvalue weighted by Gasteiger charge is -2.23. The zero-order valence-electron chi connectivity index (χ0n) is 18.9. The van der Waals surface area contributed by atoms with Gasteiger partial charge < -0.3 is 4.90 Å². The number of thiazole rings is 1. The number of nitro benzene ring substituents is 1. The molecular weight excluding hydrogens is 424 g/mol. The van der Waals surface area contributed by atoms with E-state index in [1.165, 1.54) is 35.1 Å². The maximum atomic E-state index is 13.2. The average Bonchev–Trinajstić information content (AvgIpc) is 3.22. The quantitative estimate of drug-likeness (QED) is 0.253. The van der Waals surface area contributed by atoms with Gasteiger partial charge in [-0.15, -0.1) is 0 Å². The van der Waals surface area contributed by atoms with Crippen LogP contribution in [0.25, 0.3) is 16.3 Å². The van der Waals surface area contributed by atoms with E-state index in [0.717, 1.165) is 35.4 Å². The largest absolute Gasteiger partial charge is 0.302 e. The van der Waals surface area contributed by atoms with Crippen LogP contribution in [0.5, 0.6) is 0 Å². The molecule has 2 aromatic carbocycles. The zero-order chi connectivity index (χ0) is 23.3. The molecule has 0 aliphatic rings. The number of aromatic nitrogens is 1. The van der Waals surface area contributed by atoms with Gasteiger partial charge in [0.15, 0.2) is 5.13 Å². The standard InChI is InChI=1S/C24H28N4O3S/c1-5-26(6-2)14-15-27(24-25-23-18(4)17(3)10-12-21(23)32-24)22(29)13-11-19-8-7-9-20(16-19)28(30)31/h7-13,16H,5-6,14-15H2,1-4H3/b13-11+. The van der Waals surface area contributed by atoms with Crippen LogP contribution in [0.15, 0.2) is 42.5 Å². The molecule has 1 amide bonds. The highest BCUT2D eigenvalue weighted by Crippen LogP contribution is 2.32. The number of carbonyl (C=O) groups is 1. The van der Waals surface area contributed by atoms with Crippen molar-refractivity contribution in [1.82, 2.24) is 9.88 Å². The first-order valence-corrected chi connectivity index (χ1v) is 11.5. The number of hydrogen-bond donors (Lipinski definition) is 0. The minimum atomic E-state index is -0.443. The number of nitrogens with zero attached hydrogens (tertiary/aromatic N) is 4. The highest BCUT2D eigenvalue weighted by Gasteiger charge is 2.19. The summed E-state index contributed by atoms with van der Waals surface area (Å²) in [5.74, 6) is -0.197. The van der Waals surface area contributed by atoms with E-state index in [2.05, 4.69) is 31.7 Å². The highest BCUT2D eigenvalue weighted by atomic mass is 32.1. The van der Waals surface area contributed by atoms with Gasteiger partial charge in [0.1, 0.15) is 0 Å². The first-order chi connectivity index (χ1) is 15.3. The van der Waals surface area contributed by atoms with Crippen LogP contribution in [0, 0.1) is 24.0 Å². The van der Waals surface area contributed by atoms with Crippen LogP contribution < -0.4 is 4.90 Å². The van der Waals surface area contributed by atoms with Gasteiger partial charge in [0.2, 0.25) is 0 Å². The van der Waals surface area contributed by atoms with Crippen molar-refractivity contribution in [2.75, 3.05) is 31.1 Å². The SMILES string of the molecule is CCN(CC)CCN(C(=O)/C=C/c1cccc([N+](=O)[O-])c1)c1nc2c(C)c(C)ccc2s1. The lowest BCUT2D eigenvalue weighted by molar-refractivity contribution is -0.384. The Morgan fingerprint density at radius 3 is 2.59 bits per heavy atom. The van der Waals surface area contributed by atoms with Crippen molar-refractivity contribution in [3.63, 3.8) is 0 Å². The molecule has 7 nitrogen and oxygen atoms in total. The average molecular weight is 453 g/mol. The van der Waals surface area contributed by atoms with Gasteiger partial charge in [-0.1, -0.05) is 43.4 Å². The van der Waals surface area contributed by atoms with Crippen LogP contribution in [0.2, 0.25) is 0 Å². The van der Waals surface area contributed by atoms with E-state index in [1.54, 1.807) is 23.1 Å². The van der Waals surface area contributed by atoms with Crippen LogP contribution in [0.1, 0.15) is 30.5 Å². The molecule has 0 radical (unpaired) electrons. The second kappa shape index (κ2) is 10.5. The second-order valence-corrected chi connectivity index (χ2v) is 8.56. The summed E-state index contributed by atoms with van der Waals surface area (Å²) in [6.45, 7) is 11.4. The predicted molar refractivity (Wildman–Crippen MR) is 131 cm³/mol. The van der Waals surface area contributed by atoms with Crippen LogP contribution >= 0.6 is 11.3 Å². The number of aryl methyl sites for hydroxylation is 2. The summed E-state index contributed by atoms with van der Waals surface area (Å²) >= 11 is 1.50. The third kappa shape index (κ3) is 5.38. The van der Waals surface area contributed by atoms with E-state index in [9.17, 15) is 14.9 Å². The third-order valence-corrected chi connectivity index (χ3v) is 6.65. The molecule has 3 rings (SSSR count). The van der Waals surface area contributed by atoms with Gasteiger partial charge in [0.05, 0.1) is 15.1 Å². The number of nitro groups is 1. The molecule has 0 bridgehead atoms. The van der Waals surface area contributed by atoms with Crippen LogP contribution in [0.3, 0.4) is 0 Å². The Morgan fingerprint density at radius 1 is 1.16 bits per heavy atom. The Bertz CT molecular complexity index is 1150. The molecule has 168 valence electrons. The second-order valence-electron chi connectivity index (χ2n) is 7.55. The van der Waals surface area contributed by atoms with Gasteiger partial charge >= 0.3 is 0 Å². The van der Waals surface area contributed by atoms with E-state index >= 15 is 0 Å². The molecule has 0 aliphatic heterocycles. The molecular formula is C24H28N4O3S. The summed E-state index contributed by atoms with van der Waals surface area (Å²) in [6.07, 6.45) is 3.08. The van der Waals surface area contributed by atoms with Gasteiger partial charge in [-0.3, -0.25) is 19.8 Å². The summed E-state index contributed by atoms with van der Waals surface area (Å²) in [4.78, 5) is 32.5. The molecule has 1 heterocycles. The Hall–Kier alpha value is -3.10. The number of rotatable bonds is 9. The molecule has 0 aliphatic carbocycles. The molecule has 0 saturated heterocycles. The predicted octanol–water partition coefficient (Wildman–Crippen LogP) is 5.21. The van der Waals surface area contributed by atoms with Crippen molar-refractivity contribution in [1.29, 1.82) is 0 Å². The fraction of sp³-hybridized carbons (Fsp3) is 0.333. The normalized spacial score (nSPS) is 11.5. The highest BCUT2D eigenvalue weighted by molar-refractivity contribution is 7.22. The molecule has 0 saturated carbocycles. The van der Waals surface area contributed by atoms with Crippen molar-refractivity contribution >= 4 is 44.4 Å². The number of likely N-dealkylation sites (N-methyl/N-ethyl adjacent to an activating group) is 1. The van der Waals surface area contributed by atoms with E-state index < -0.39 is 4.92 Å². The topological polar surface area (TPSA) is 79.6 Å². The molecule has 0 N–H and O–H groups in total. The van der Waals surface area contributed by atoms with Crippen molar-refractivity contribution in [2.45, 2.75) is 27.7 Å².